The van der Waals surface area contributed by atoms with Crippen LogP contribution in [-0.2, 0) is 12.8 Å². The molecule has 0 radical (unpaired) electrons. The van der Waals surface area contributed by atoms with Gasteiger partial charge in [-0.25, -0.2) is 9.37 Å². The molecule has 0 aliphatic rings. The number of aryl methyl sites for hydroxylation is 1. The van der Waals surface area contributed by atoms with Gasteiger partial charge in [0.1, 0.15) is 22.5 Å². The van der Waals surface area contributed by atoms with Crippen molar-refractivity contribution < 1.29 is 9.13 Å². The molecule has 1 heterocycles. The minimum Gasteiger partial charge on any atom is -0.493 e. The molecule has 0 bridgehead atoms. The van der Waals surface area contributed by atoms with Crippen LogP contribution in [0.1, 0.15) is 22.5 Å². The van der Waals surface area contributed by atoms with Crippen molar-refractivity contribution in [1.82, 2.24) is 4.98 Å². The molecule has 3 nitrogen and oxygen atoms in total. The molecule has 0 fully saturated rings. The minimum atomic E-state index is -0.279. The molecule has 19 heavy (non-hydrogen) atoms. The maximum absolute atomic E-state index is 12.7. The third kappa shape index (κ3) is 3.52. The second-order valence-electron chi connectivity index (χ2n) is 3.90. The topological polar surface area (TPSA) is 45.9 Å². The molecule has 0 atom stereocenters. The van der Waals surface area contributed by atoms with Gasteiger partial charge in [0.2, 0.25) is 0 Å². The van der Waals surface area contributed by atoms with Crippen LogP contribution in [0.15, 0.2) is 24.3 Å². The van der Waals surface area contributed by atoms with Gasteiger partial charge < -0.3 is 4.74 Å². The zero-order chi connectivity index (χ0) is 13.7. The molecule has 98 valence electrons. The first-order chi connectivity index (χ1) is 9.22. The second kappa shape index (κ2) is 6.30. The number of rotatable bonds is 5. The largest absolute Gasteiger partial charge is 0.493 e. The van der Waals surface area contributed by atoms with Crippen molar-refractivity contribution in [1.29, 1.82) is 5.26 Å². The van der Waals surface area contributed by atoms with Crippen molar-refractivity contribution in [2.24, 2.45) is 0 Å². The molecule has 5 heteroatoms. The van der Waals surface area contributed by atoms with Gasteiger partial charge in [0.05, 0.1) is 17.3 Å². The number of nitrogens with zero attached hydrogens (tertiary/aromatic N) is 2. The summed E-state index contributed by atoms with van der Waals surface area (Å²) in [5, 5.41) is 9.84. The van der Waals surface area contributed by atoms with Crippen LogP contribution in [0, 0.1) is 17.1 Å². The van der Waals surface area contributed by atoms with E-state index in [-0.39, 0.29) is 5.82 Å². The Hall–Kier alpha value is -1.93. The summed E-state index contributed by atoms with van der Waals surface area (Å²) >= 11 is 1.41. The molecule has 0 saturated heterocycles. The van der Waals surface area contributed by atoms with E-state index in [0.29, 0.717) is 23.7 Å². The number of ether oxygens (including phenoxy) is 1. The molecule has 2 aromatic rings. The van der Waals surface area contributed by atoms with Crippen LogP contribution >= 0.6 is 11.3 Å². The van der Waals surface area contributed by atoms with Crippen molar-refractivity contribution >= 4 is 11.3 Å². The van der Waals surface area contributed by atoms with Crippen molar-refractivity contribution in [3.05, 3.63) is 45.7 Å². The van der Waals surface area contributed by atoms with Gasteiger partial charge in [-0.2, -0.15) is 5.26 Å². The molecule has 1 aromatic carbocycles. The number of hydrogen-bond donors (Lipinski definition) is 0. The first-order valence-corrected chi connectivity index (χ1v) is 6.81. The number of thiazole rings is 1. The van der Waals surface area contributed by atoms with Crippen LogP contribution in [0.2, 0.25) is 0 Å². The Morgan fingerprint density at radius 3 is 2.68 bits per heavy atom. The van der Waals surface area contributed by atoms with E-state index < -0.39 is 0 Å². The molecule has 0 aliphatic heterocycles. The number of aromatic nitrogens is 1. The molecule has 0 amide bonds. The highest BCUT2D eigenvalue weighted by molar-refractivity contribution is 7.12. The Bertz CT molecular complexity index is 586. The summed E-state index contributed by atoms with van der Waals surface area (Å²) in [6.45, 7) is 2.45. The molecule has 0 saturated carbocycles. The standard InChI is InChI=1S/C14H13FN2OS/c1-2-12-13(9-16)19-14(17-12)7-8-18-11-5-3-10(15)4-6-11/h3-6H,2,7-8H2,1H3. The maximum atomic E-state index is 12.7. The summed E-state index contributed by atoms with van der Waals surface area (Å²) in [7, 11) is 0. The SMILES string of the molecule is CCc1nc(CCOc2ccc(F)cc2)sc1C#N. The smallest absolute Gasteiger partial charge is 0.128 e. The first kappa shape index (κ1) is 13.5. The van der Waals surface area contributed by atoms with E-state index in [2.05, 4.69) is 11.1 Å². The van der Waals surface area contributed by atoms with E-state index in [0.717, 1.165) is 17.1 Å². The molecule has 0 spiro atoms. The van der Waals surface area contributed by atoms with Gasteiger partial charge in [0, 0.05) is 6.42 Å². The molecular weight excluding hydrogens is 263 g/mol. The van der Waals surface area contributed by atoms with E-state index >= 15 is 0 Å². The normalized spacial score (nSPS) is 10.2. The van der Waals surface area contributed by atoms with E-state index in [1.54, 1.807) is 12.1 Å². The van der Waals surface area contributed by atoms with Crippen LogP contribution in [0.5, 0.6) is 5.75 Å². The van der Waals surface area contributed by atoms with E-state index in [4.69, 9.17) is 10.00 Å². The Balaban J connectivity index is 1.91. The fourth-order valence-electron chi connectivity index (χ4n) is 1.62. The summed E-state index contributed by atoms with van der Waals surface area (Å²) in [5.41, 5.74) is 0.851. The quantitative estimate of drug-likeness (QED) is 0.841. The third-order valence-electron chi connectivity index (χ3n) is 2.58. The Kier molecular flexibility index (Phi) is 4.48. The predicted molar refractivity (Wildman–Crippen MR) is 71.8 cm³/mol. The first-order valence-electron chi connectivity index (χ1n) is 6.00. The van der Waals surface area contributed by atoms with Crippen molar-refractivity contribution in [3.8, 4) is 11.8 Å². The van der Waals surface area contributed by atoms with E-state index in [9.17, 15) is 4.39 Å². The predicted octanol–water partition coefficient (Wildman–Crippen LogP) is 3.34. The third-order valence-corrected chi connectivity index (χ3v) is 3.64. The van der Waals surface area contributed by atoms with Crippen LogP contribution in [0.25, 0.3) is 0 Å². The fraction of sp³-hybridized carbons (Fsp3) is 0.286. The van der Waals surface area contributed by atoms with Gasteiger partial charge in [0.15, 0.2) is 0 Å². The Labute approximate surface area is 115 Å². The lowest BCUT2D eigenvalue weighted by atomic mass is 10.3. The lowest BCUT2D eigenvalue weighted by Gasteiger charge is -2.04. The summed E-state index contributed by atoms with van der Waals surface area (Å²) in [5.74, 6) is 0.354. The summed E-state index contributed by atoms with van der Waals surface area (Å²) in [6.07, 6.45) is 1.41. The highest BCUT2D eigenvalue weighted by atomic mass is 32.1. The van der Waals surface area contributed by atoms with Gasteiger partial charge in [-0.15, -0.1) is 11.3 Å². The van der Waals surface area contributed by atoms with Gasteiger partial charge in [-0.1, -0.05) is 6.92 Å². The molecule has 2 rings (SSSR count). The Morgan fingerprint density at radius 2 is 2.11 bits per heavy atom. The summed E-state index contributed by atoms with van der Waals surface area (Å²) in [6, 6.07) is 8.07. The lowest BCUT2D eigenvalue weighted by Crippen LogP contribution is -2.01. The molecule has 1 aromatic heterocycles. The highest BCUT2D eigenvalue weighted by Gasteiger charge is 2.09. The van der Waals surface area contributed by atoms with E-state index in [1.165, 1.54) is 23.5 Å². The molecular formula is C14H13FN2OS. The minimum absolute atomic E-state index is 0.279. The summed E-state index contributed by atoms with van der Waals surface area (Å²) < 4.78 is 18.2. The average molecular weight is 276 g/mol. The van der Waals surface area contributed by atoms with Gasteiger partial charge in [0.25, 0.3) is 0 Å². The Morgan fingerprint density at radius 1 is 1.37 bits per heavy atom. The molecule has 0 unspecified atom stereocenters. The van der Waals surface area contributed by atoms with Gasteiger partial charge in [-0.3, -0.25) is 0 Å². The summed E-state index contributed by atoms with van der Waals surface area (Å²) in [4.78, 5) is 5.08. The van der Waals surface area contributed by atoms with Gasteiger partial charge >= 0.3 is 0 Å². The van der Waals surface area contributed by atoms with Crippen LogP contribution in [0.3, 0.4) is 0 Å². The highest BCUT2D eigenvalue weighted by Crippen LogP contribution is 2.19. The van der Waals surface area contributed by atoms with Crippen molar-refractivity contribution in [2.45, 2.75) is 19.8 Å². The zero-order valence-electron chi connectivity index (χ0n) is 10.5. The van der Waals surface area contributed by atoms with Crippen LogP contribution in [-0.4, -0.2) is 11.6 Å². The number of nitriles is 1. The van der Waals surface area contributed by atoms with Crippen molar-refractivity contribution in [3.63, 3.8) is 0 Å². The number of benzene rings is 1. The van der Waals surface area contributed by atoms with Crippen molar-refractivity contribution in [2.75, 3.05) is 6.61 Å². The monoisotopic (exact) mass is 276 g/mol. The number of halogens is 1. The molecule has 0 N–H and O–H groups in total. The van der Waals surface area contributed by atoms with E-state index in [1.807, 2.05) is 6.92 Å². The fourth-order valence-corrected chi connectivity index (χ4v) is 2.55. The maximum Gasteiger partial charge on any atom is 0.128 e. The molecule has 0 aliphatic carbocycles. The van der Waals surface area contributed by atoms with Crippen LogP contribution < -0.4 is 4.74 Å². The second-order valence-corrected chi connectivity index (χ2v) is 4.98. The van der Waals surface area contributed by atoms with Gasteiger partial charge in [-0.05, 0) is 30.7 Å². The van der Waals surface area contributed by atoms with Crippen LogP contribution in [0.4, 0.5) is 4.39 Å². The lowest BCUT2D eigenvalue weighted by molar-refractivity contribution is 0.321. The zero-order valence-corrected chi connectivity index (χ0v) is 11.3. The number of hydrogen-bond acceptors (Lipinski definition) is 4. The average Bonchev–Trinajstić information content (AvgIpc) is 2.83.